The summed E-state index contributed by atoms with van der Waals surface area (Å²) >= 11 is 33.6. The first kappa shape index (κ1) is 13.3. The fourth-order valence-electron chi connectivity index (χ4n) is 0.392. The van der Waals surface area contributed by atoms with Crippen molar-refractivity contribution in [3.8, 4) is 11.3 Å². The molecule has 0 aromatic heterocycles. The minimum absolute atomic E-state index is 0.659. The van der Waals surface area contributed by atoms with E-state index in [9.17, 15) is 0 Å². The van der Waals surface area contributed by atoms with E-state index in [2.05, 4.69) is 5.92 Å². The van der Waals surface area contributed by atoms with Gasteiger partial charge in [-0.1, -0.05) is 46.4 Å². The summed E-state index contributed by atoms with van der Waals surface area (Å²) in [6, 6.07) is 0. The molecule has 0 aromatic rings. The van der Waals surface area contributed by atoms with E-state index >= 15 is 0 Å². The minimum atomic E-state index is -1.68. The monoisotopic (exact) mass is 286 g/mol. The Morgan fingerprint density at radius 2 is 1.58 bits per heavy atom. The quantitative estimate of drug-likeness (QED) is 0.529. The molecule has 0 saturated heterocycles. The van der Waals surface area contributed by atoms with Crippen molar-refractivity contribution in [3.63, 3.8) is 0 Å². The van der Waals surface area contributed by atoms with Crippen LogP contribution >= 0.6 is 69.6 Å². The van der Waals surface area contributed by atoms with Crippen LogP contribution in [0.3, 0.4) is 0 Å². The second-order valence-electron chi connectivity index (χ2n) is 2.03. The Kier molecular flexibility index (Phi) is 5.20. The summed E-state index contributed by atoms with van der Waals surface area (Å²) < 4.78 is -3.25. The van der Waals surface area contributed by atoms with E-state index < -0.39 is 14.0 Å². The molecule has 0 saturated carbocycles. The fraction of sp³-hybridized carbons (Fsp3) is 0.667. The number of alkyl halides is 5. The topological polar surface area (TPSA) is 0 Å². The van der Waals surface area contributed by atoms with Gasteiger partial charge in [-0.2, -0.15) is 0 Å². The Morgan fingerprint density at radius 3 is 1.83 bits per heavy atom. The third-order valence-electron chi connectivity index (χ3n) is 1.12. The van der Waals surface area contributed by atoms with Gasteiger partial charge in [-0.15, -0.1) is 11.6 Å². The predicted octanol–water partition coefficient (Wildman–Crippen LogP) is 4.16. The third-order valence-corrected chi connectivity index (χ3v) is 4.16. The zero-order valence-corrected chi connectivity index (χ0v) is 10.4. The van der Waals surface area contributed by atoms with Crippen molar-refractivity contribution in [2.75, 3.05) is 0 Å². The molecule has 70 valence electrons. The Bertz CT molecular complexity index is 208. The van der Waals surface area contributed by atoms with Crippen LogP contribution < -0.4 is 0 Å². The van der Waals surface area contributed by atoms with Gasteiger partial charge >= 0.3 is 0 Å². The normalized spacial score (nSPS) is 14.9. The zero-order chi connectivity index (χ0) is 9.99. The summed E-state index contributed by atoms with van der Waals surface area (Å²) in [5, 5.41) is 1.34. The van der Waals surface area contributed by atoms with Crippen LogP contribution in [0.15, 0.2) is 0 Å². The Labute approximate surface area is 101 Å². The van der Waals surface area contributed by atoms with E-state index in [0.29, 0.717) is 0 Å². The van der Waals surface area contributed by atoms with Gasteiger partial charge in [0, 0.05) is 5.38 Å². The first-order valence-corrected chi connectivity index (χ1v) is 5.11. The number of hydrogen-bond donors (Lipinski definition) is 0. The van der Waals surface area contributed by atoms with Crippen molar-refractivity contribution in [2.24, 2.45) is 0 Å². The molecule has 0 aliphatic carbocycles. The SMILES string of the molecule is CC(Cl)C(Cl)(Cl)C(Cl)(Cl)C#CCl. The molecule has 0 radical (unpaired) electrons. The maximum absolute atomic E-state index is 5.75. The summed E-state index contributed by atoms with van der Waals surface area (Å²) in [5.74, 6) is 2.24. The maximum atomic E-state index is 5.75. The molecule has 1 atom stereocenters. The van der Waals surface area contributed by atoms with E-state index in [1.807, 2.05) is 5.38 Å². The predicted molar refractivity (Wildman–Crippen MR) is 57.8 cm³/mol. The lowest BCUT2D eigenvalue weighted by Gasteiger charge is -2.30. The number of rotatable bonds is 2. The second-order valence-corrected chi connectivity index (χ2v) is 5.59. The molecule has 0 fully saturated rings. The van der Waals surface area contributed by atoms with Crippen molar-refractivity contribution in [3.05, 3.63) is 0 Å². The number of halogens is 6. The first-order chi connectivity index (χ1) is 5.25. The zero-order valence-electron chi connectivity index (χ0n) is 5.85. The van der Waals surface area contributed by atoms with Gasteiger partial charge in [0.2, 0.25) is 4.33 Å². The van der Waals surface area contributed by atoms with Crippen LogP contribution in [0.2, 0.25) is 0 Å². The molecule has 0 heterocycles. The molecule has 0 spiro atoms. The van der Waals surface area contributed by atoms with Gasteiger partial charge < -0.3 is 0 Å². The molecule has 6 heteroatoms. The van der Waals surface area contributed by atoms with E-state index in [0.717, 1.165) is 0 Å². The van der Waals surface area contributed by atoms with Crippen LogP contribution in [0.4, 0.5) is 0 Å². The highest BCUT2D eigenvalue weighted by Crippen LogP contribution is 2.46. The van der Waals surface area contributed by atoms with Crippen molar-refractivity contribution in [1.82, 2.24) is 0 Å². The molecule has 1 unspecified atom stereocenters. The number of hydrogen-bond acceptors (Lipinski definition) is 0. The molecule has 0 bridgehead atoms. The van der Waals surface area contributed by atoms with Gasteiger partial charge in [-0.25, -0.2) is 0 Å². The molecule has 0 nitrogen and oxygen atoms in total. The largest absolute Gasteiger partial charge is 0.213 e. The van der Waals surface area contributed by atoms with Crippen molar-refractivity contribution in [1.29, 1.82) is 0 Å². The summed E-state index contributed by atoms with van der Waals surface area (Å²) in [5.41, 5.74) is 0. The Balaban J connectivity index is 4.83. The average Bonchev–Trinajstić information content (AvgIpc) is 1.86. The van der Waals surface area contributed by atoms with Crippen LogP contribution in [0.25, 0.3) is 0 Å². The molecular weight excluding hydrogens is 285 g/mol. The van der Waals surface area contributed by atoms with Gasteiger partial charge in [0.1, 0.15) is 0 Å². The molecule has 0 amide bonds. The summed E-state index contributed by atoms with van der Waals surface area (Å²) in [6.45, 7) is 1.55. The lowest BCUT2D eigenvalue weighted by atomic mass is 10.2. The van der Waals surface area contributed by atoms with Crippen molar-refractivity contribution in [2.45, 2.75) is 21.0 Å². The van der Waals surface area contributed by atoms with Crippen molar-refractivity contribution >= 4 is 69.6 Å². The van der Waals surface area contributed by atoms with E-state index in [4.69, 9.17) is 69.6 Å². The summed E-state index contributed by atoms with van der Waals surface area (Å²) in [7, 11) is 0. The lowest BCUT2D eigenvalue weighted by molar-refractivity contribution is 0.741. The average molecular weight is 289 g/mol. The third kappa shape index (κ3) is 2.91. The van der Waals surface area contributed by atoms with Crippen molar-refractivity contribution < 1.29 is 0 Å². The first-order valence-electron chi connectivity index (χ1n) is 2.78. The van der Waals surface area contributed by atoms with Gasteiger partial charge in [-0.3, -0.25) is 0 Å². The summed E-state index contributed by atoms with van der Waals surface area (Å²) in [4.78, 5) is 0. The minimum Gasteiger partial charge on any atom is -0.120 e. The lowest BCUT2D eigenvalue weighted by Crippen LogP contribution is -2.41. The summed E-state index contributed by atoms with van der Waals surface area (Å²) in [6.07, 6.45) is 0. The maximum Gasteiger partial charge on any atom is 0.213 e. The highest BCUT2D eigenvalue weighted by Gasteiger charge is 2.49. The fourth-order valence-corrected chi connectivity index (χ4v) is 1.42. The Hall–Kier alpha value is 1.30. The molecule has 12 heavy (non-hydrogen) atoms. The van der Waals surface area contributed by atoms with Gasteiger partial charge in [0.05, 0.1) is 5.38 Å². The van der Waals surface area contributed by atoms with E-state index in [1.54, 1.807) is 6.92 Å². The smallest absolute Gasteiger partial charge is 0.120 e. The van der Waals surface area contributed by atoms with Gasteiger partial charge in [0.15, 0.2) is 4.33 Å². The molecule has 0 rings (SSSR count). The molecule has 0 N–H and O–H groups in total. The molecule has 0 aromatic carbocycles. The van der Waals surface area contributed by atoms with Crippen LogP contribution in [0.1, 0.15) is 6.92 Å². The van der Waals surface area contributed by atoms with Crippen LogP contribution in [0.5, 0.6) is 0 Å². The standard InChI is InChI=1S/C6H4Cl6/c1-4(8)6(11,12)5(9,10)2-3-7/h4H,1H3. The second kappa shape index (κ2) is 4.69. The van der Waals surface area contributed by atoms with Gasteiger partial charge in [-0.05, 0) is 24.4 Å². The van der Waals surface area contributed by atoms with Crippen LogP contribution in [-0.4, -0.2) is 14.0 Å². The molecule has 0 aliphatic heterocycles. The highest BCUT2D eigenvalue weighted by atomic mass is 35.5. The molecule has 0 aliphatic rings. The van der Waals surface area contributed by atoms with Crippen LogP contribution in [0, 0.1) is 11.3 Å². The highest BCUT2D eigenvalue weighted by molar-refractivity contribution is 6.65. The molecular formula is C6H4Cl6. The van der Waals surface area contributed by atoms with E-state index in [-0.39, 0.29) is 0 Å². The van der Waals surface area contributed by atoms with Gasteiger partial charge in [0.25, 0.3) is 0 Å². The van der Waals surface area contributed by atoms with Crippen LogP contribution in [-0.2, 0) is 0 Å². The van der Waals surface area contributed by atoms with E-state index in [1.165, 1.54) is 0 Å². The Morgan fingerprint density at radius 1 is 1.17 bits per heavy atom.